The first-order valence-corrected chi connectivity index (χ1v) is 14.2. The fraction of sp³-hybridized carbons (Fsp3) is 0.308. The summed E-state index contributed by atoms with van der Waals surface area (Å²) in [6.45, 7) is 3.67. The second kappa shape index (κ2) is 12.2. The van der Waals surface area contributed by atoms with Gasteiger partial charge in [0.1, 0.15) is 17.5 Å². The molecule has 0 spiro atoms. The maximum atomic E-state index is 14.9. The molecule has 1 unspecified atom stereocenters. The van der Waals surface area contributed by atoms with Crippen LogP contribution < -0.4 is 4.31 Å². The van der Waals surface area contributed by atoms with E-state index in [9.17, 15) is 21.6 Å². The third-order valence-electron chi connectivity index (χ3n) is 5.61. The van der Waals surface area contributed by atoms with Gasteiger partial charge in [-0.2, -0.15) is 11.8 Å². The Bertz CT molecular complexity index is 1250. The van der Waals surface area contributed by atoms with Gasteiger partial charge in [0.25, 0.3) is 10.0 Å². The zero-order chi connectivity index (χ0) is 25.6. The Hall–Kier alpha value is -2.16. The van der Waals surface area contributed by atoms with Crippen LogP contribution in [0.1, 0.15) is 43.9 Å². The van der Waals surface area contributed by atoms with E-state index in [1.165, 1.54) is 42.5 Å². The third kappa shape index (κ3) is 6.74. The summed E-state index contributed by atoms with van der Waals surface area (Å²) >= 11 is 7.74. The van der Waals surface area contributed by atoms with Crippen LogP contribution in [-0.2, 0) is 16.4 Å². The third-order valence-corrected chi connectivity index (χ3v) is 8.75. The van der Waals surface area contributed by atoms with Crippen molar-refractivity contribution in [2.75, 3.05) is 15.8 Å². The van der Waals surface area contributed by atoms with E-state index in [-0.39, 0.29) is 4.90 Å². The van der Waals surface area contributed by atoms with Crippen molar-refractivity contribution in [2.24, 2.45) is 0 Å². The molecule has 0 aliphatic rings. The first-order valence-electron chi connectivity index (χ1n) is 11.3. The van der Waals surface area contributed by atoms with E-state index in [1.807, 2.05) is 11.8 Å². The van der Waals surface area contributed by atoms with Crippen LogP contribution >= 0.6 is 23.4 Å². The standard InChI is InChI=1S/C26H27ClF3NO2S2/c1-3-34-15-5-4-6-19-16-21(28)9-13-24(19)18(2)31(26-17-22(29)10-14-25(26)30)35(32,33)23-11-7-20(27)8-12-23/h7-14,16-18H,3-6,15H2,1-2H3. The molecule has 3 rings (SSSR count). The van der Waals surface area contributed by atoms with Crippen molar-refractivity contribution in [2.45, 2.75) is 44.0 Å². The van der Waals surface area contributed by atoms with Crippen LogP contribution in [0.2, 0.25) is 5.02 Å². The van der Waals surface area contributed by atoms with Crippen LogP contribution in [0.5, 0.6) is 0 Å². The second-order valence-corrected chi connectivity index (χ2v) is 11.7. The number of nitrogens with zero attached hydrogens (tertiary/aromatic N) is 1. The molecule has 0 aromatic heterocycles. The summed E-state index contributed by atoms with van der Waals surface area (Å²) in [4.78, 5) is -0.127. The van der Waals surface area contributed by atoms with Gasteiger partial charge in [-0.25, -0.2) is 21.6 Å². The lowest BCUT2D eigenvalue weighted by atomic mass is 9.97. The first-order chi connectivity index (χ1) is 16.6. The van der Waals surface area contributed by atoms with Gasteiger partial charge in [0.05, 0.1) is 16.6 Å². The molecule has 0 aliphatic carbocycles. The fourth-order valence-electron chi connectivity index (χ4n) is 3.91. The van der Waals surface area contributed by atoms with Crippen molar-refractivity contribution in [3.63, 3.8) is 0 Å². The molecule has 188 valence electrons. The van der Waals surface area contributed by atoms with Gasteiger partial charge < -0.3 is 0 Å². The molecule has 0 aliphatic heterocycles. The molecule has 0 fully saturated rings. The Morgan fingerprint density at radius 3 is 2.29 bits per heavy atom. The average Bonchev–Trinajstić information content (AvgIpc) is 2.81. The van der Waals surface area contributed by atoms with Crippen LogP contribution in [0.4, 0.5) is 18.9 Å². The molecule has 0 amide bonds. The average molecular weight is 542 g/mol. The zero-order valence-electron chi connectivity index (χ0n) is 19.5. The Labute approximate surface area is 214 Å². The van der Waals surface area contributed by atoms with E-state index >= 15 is 0 Å². The highest BCUT2D eigenvalue weighted by Gasteiger charge is 2.33. The van der Waals surface area contributed by atoms with E-state index in [2.05, 4.69) is 6.92 Å². The SMILES string of the molecule is CCSCCCCc1cc(F)ccc1C(C)N(c1cc(F)ccc1F)S(=O)(=O)c1ccc(Cl)cc1. The minimum absolute atomic E-state index is 0.127. The van der Waals surface area contributed by atoms with E-state index in [4.69, 9.17) is 11.6 Å². The summed E-state index contributed by atoms with van der Waals surface area (Å²) in [7, 11) is -4.35. The Morgan fingerprint density at radius 1 is 0.943 bits per heavy atom. The number of unbranched alkanes of at least 4 members (excludes halogenated alkanes) is 1. The number of benzene rings is 3. The molecule has 0 heterocycles. The maximum Gasteiger partial charge on any atom is 0.264 e. The van der Waals surface area contributed by atoms with E-state index in [1.54, 1.807) is 6.92 Å². The summed E-state index contributed by atoms with van der Waals surface area (Å²) in [5, 5.41) is 0.336. The summed E-state index contributed by atoms with van der Waals surface area (Å²) in [5.41, 5.74) is 0.727. The van der Waals surface area contributed by atoms with Gasteiger partial charge in [-0.05, 0) is 97.3 Å². The van der Waals surface area contributed by atoms with E-state index < -0.39 is 39.2 Å². The number of halogens is 4. The van der Waals surface area contributed by atoms with Crippen LogP contribution in [0.3, 0.4) is 0 Å². The Balaban J connectivity index is 2.09. The van der Waals surface area contributed by atoms with Crippen molar-refractivity contribution < 1.29 is 21.6 Å². The largest absolute Gasteiger partial charge is 0.264 e. The maximum absolute atomic E-state index is 14.9. The molecule has 0 N–H and O–H groups in total. The number of anilines is 1. The highest BCUT2D eigenvalue weighted by molar-refractivity contribution is 7.99. The van der Waals surface area contributed by atoms with Crippen LogP contribution in [0, 0.1) is 17.5 Å². The zero-order valence-corrected chi connectivity index (χ0v) is 21.9. The molecule has 3 nitrogen and oxygen atoms in total. The fourth-order valence-corrected chi connectivity index (χ4v) is 6.37. The van der Waals surface area contributed by atoms with Crippen LogP contribution in [0.25, 0.3) is 0 Å². The molecule has 9 heteroatoms. The molecule has 0 saturated heterocycles. The minimum atomic E-state index is -4.35. The van der Waals surface area contributed by atoms with Crippen LogP contribution in [-0.4, -0.2) is 19.9 Å². The number of hydrogen-bond donors (Lipinski definition) is 0. The molecular weight excluding hydrogens is 515 g/mol. The molecule has 0 radical (unpaired) electrons. The van der Waals surface area contributed by atoms with Gasteiger partial charge in [0, 0.05) is 11.1 Å². The monoisotopic (exact) mass is 541 g/mol. The van der Waals surface area contributed by atoms with Crippen molar-refractivity contribution in [3.05, 3.63) is 94.3 Å². The Morgan fingerprint density at radius 2 is 1.60 bits per heavy atom. The number of hydrogen-bond acceptors (Lipinski definition) is 3. The topological polar surface area (TPSA) is 37.4 Å². The number of thioether (sulfide) groups is 1. The van der Waals surface area contributed by atoms with Gasteiger partial charge in [-0.3, -0.25) is 4.31 Å². The van der Waals surface area contributed by atoms with Crippen LogP contribution in [0.15, 0.2) is 65.6 Å². The molecule has 0 bridgehead atoms. The predicted molar refractivity (Wildman–Crippen MR) is 138 cm³/mol. The summed E-state index contributed by atoms with van der Waals surface area (Å²) in [6, 6.07) is 11.3. The number of sulfonamides is 1. The van der Waals surface area contributed by atoms with Crippen molar-refractivity contribution in [1.82, 2.24) is 0 Å². The van der Waals surface area contributed by atoms with Crippen molar-refractivity contribution >= 4 is 39.1 Å². The minimum Gasteiger partial charge on any atom is -0.256 e. The van der Waals surface area contributed by atoms with Gasteiger partial charge >= 0.3 is 0 Å². The lowest BCUT2D eigenvalue weighted by Gasteiger charge is -2.32. The normalized spacial score (nSPS) is 12.5. The summed E-state index contributed by atoms with van der Waals surface area (Å²) in [5.74, 6) is -0.127. The summed E-state index contributed by atoms with van der Waals surface area (Å²) < 4.78 is 71.6. The molecule has 3 aromatic rings. The highest BCUT2D eigenvalue weighted by Crippen LogP contribution is 2.37. The van der Waals surface area contributed by atoms with Crippen molar-refractivity contribution in [3.8, 4) is 0 Å². The first kappa shape index (κ1) is 27.4. The molecule has 0 saturated carbocycles. The predicted octanol–water partition coefficient (Wildman–Crippen LogP) is 7.79. The Kier molecular flexibility index (Phi) is 9.55. The van der Waals surface area contributed by atoms with Gasteiger partial charge in [-0.15, -0.1) is 0 Å². The molecule has 35 heavy (non-hydrogen) atoms. The number of aryl methyl sites for hydroxylation is 1. The highest BCUT2D eigenvalue weighted by atomic mass is 35.5. The lowest BCUT2D eigenvalue weighted by molar-refractivity contribution is 0.569. The lowest BCUT2D eigenvalue weighted by Crippen LogP contribution is -2.35. The molecular formula is C26H27ClF3NO2S2. The number of rotatable bonds is 11. The molecule has 3 aromatic carbocycles. The molecule has 1 atom stereocenters. The van der Waals surface area contributed by atoms with Crippen molar-refractivity contribution in [1.29, 1.82) is 0 Å². The smallest absolute Gasteiger partial charge is 0.256 e. The van der Waals surface area contributed by atoms with Gasteiger partial charge in [-0.1, -0.05) is 24.6 Å². The van der Waals surface area contributed by atoms with Gasteiger partial charge in [0.15, 0.2) is 0 Å². The second-order valence-electron chi connectivity index (χ2n) is 8.02. The van der Waals surface area contributed by atoms with E-state index in [0.717, 1.165) is 46.9 Å². The van der Waals surface area contributed by atoms with Gasteiger partial charge in [0.2, 0.25) is 0 Å². The van der Waals surface area contributed by atoms with E-state index in [0.29, 0.717) is 22.6 Å². The summed E-state index contributed by atoms with van der Waals surface area (Å²) in [6.07, 6.45) is 2.24. The quantitative estimate of drug-likeness (QED) is 0.232.